The molecule has 20 heavy (non-hydrogen) atoms. The minimum atomic E-state index is -3.85. The Morgan fingerprint density at radius 1 is 1.45 bits per heavy atom. The van der Waals surface area contributed by atoms with Gasteiger partial charge in [-0.05, 0) is 28.3 Å². The van der Waals surface area contributed by atoms with E-state index in [1.54, 1.807) is 0 Å². The van der Waals surface area contributed by atoms with Gasteiger partial charge in [-0.25, -0.2) is 13.1 Å². The number of nitrogens with zero attached hydrogens (tertiary/aromatic N) is 2. The average Bonchev–Trinajstić information content (AvgIpc) is 2.37. The Hall–Kier alpha value is -1.58. The molecule has 0 radical (unpaired) electrons. The van der Waals surface area contributed by atoms with Crippen molar-refractivity contribution in [1.82, 2.24) is 9.71 Å². The zero-order valence-electron chi connectivity index (χ0n) is 11.2. The molecule has 0 aromatic carbocycles. The van der Waals surface area contributed by atoms with E-state index in [-0.39, 0.29) is 17.4 Å². The number of aliphatic hydroxyl groups excluding tert-OH is 1. The highest BCUT2D eigenvalue weighted by Crippen LogP contribution is 2.14. The number of nitro groups is 1. The van der Waals surface area contributed by atoms with Crippen LogP contribution in [0.25, 0.3) is 0 Å². The summed E-state index contributed by atoms with van der Waals surface area (Å²) < 4.78 is 26.4. The van der Waals surface area contributed by atoms with Crippen LogP contribution in [0.1, 0.15) is 20.3 Å². The average molecular weight is 303 g/mol. The molecule has 1 rings (SSSR count). The fourth-order valence-corrected chi connectivity index (χ4v) is 2.84. The van der Waals surface area contributed by atoms with Gasteiger partial charge < -0.3 is 15.2 Å². The molecule has 1 aromatic heterocycles. The van der Waals surface area contributed by atoms with Gasteiger partial charge in [-0.2, -0.15) is 0 Å². The van der Waals surface area contributed by atoms with E-state index in [0.717, 1.165) is 18.3 Å². The van der Waals surface area contributed by atoms with E-state index in [9.17, 15) is 23.6 Å². The minimum Gasteiger partial charge on any atom is -0.395 e. The standard InChI is InChI=1S/C11H17N3O5S/c1-8(2)5-9(7-15)13-20(18,19)10-3-4-11(12-6-10)14(16)17/h3-4,6,8-9,13,15H,5,7H2,1-2H3. The predicted octanol–water partition coefficient (Wildman–Crippen LogP) is 0.675. The van der Waals surface area contributed by atoms with Gasteiger partial charge in [-0.1, -0.05) is 13.8 Å². The van der Waals surface area contributed by atoms with Crippen molar-refractivity contribution < 1.29 is 18.4 Å². The maximum absolute atomic E-state index is 12.0. The Labute approximate surface area is 117 Å². The summed E-state index contributed by atoms with van der Waals surface area (Å²) in [6.45, 7) is 3.49. The molecule has 0 saturated carbocycles. The summed E-state index contributed by atoms with van der Waals surface area (Å²) in [6, 6.07) is 1.53. The number of aromatic nitrogens is 1. The molecule has 0 aliphatic carbocycles. The summed E-state index contributed by atoms with van der Waals surface area (Å²) in [4.78, 5) is 13.0. The predicted molar refractivity (Wildman–Crippen MR) is 71.5 cm³/mol. The maximum atomic E-state index is 12.0. The van der Waals surface area contributed by atoms with Crippen LogP contribution in [0.2, 0.25) is 0 Å². The number of hydrogen-bond donors (Lipinski definition) is 2. The van der Waals surface area contributed by atoms with Gasteiger partial charge in [0.25, 0.3) is 0 Å². The van der Waals surface area contributed by atoms with Crippen LogP contribution in [0.5, 0.6) is 0 Å². The first kappa shape index (κ1) is 16.5. The number of hydrogen-bond acceptors (Lipinski definition) is 6. The molecule has 1 heterocycles. The summed E-state index contributed by atoms with van der Waals surface area (Å²) in [7, 11) is -3.85. The van der Waals surface area contributed by atoms with Crippen LogP contribution in [-0.4, -0.2) is 36.1 Å². The molecule has 0 bridgehead atoms. The van der Waals surface area contributed by atoms with Crippen LogP contribution < -0.4 is 4.72 Å². The second-order valence-corrected chi connectivity index (χ2v) is 6.45. The third kappa shape index (κ3) is 4.51. The highest BCUT2D eigenvalue weighted by Gasteiger charge is 2.22. The number of sulfonamides is 1. The molecule has 1 unspecified atom stereocenters. The maximum Gasteiger partial charge on any atom is 0.363 e. The van der Waals surface area contributed by atoms with Crippen molar-refractivity contribution in [2.45, 2.75) is 31.2 Å². The second kappa shape index (κ2) is 6.73. The second-order valence-electron chi connectivity index (χ2n) is 4.74. The molecule has 0 aliphatic rings. The minimum absolute atomic E-state index is 0.176. The largest absolute Gasteiger partial charge is 0.395 e. The molecular weight excluding hydrogens is 286 g/mol. The molecule has 8 nitrogen and oxygen atoms in total. The zero-order valence-corrected chi connectivity index (χ0v) is 12.0. The zero-order chi connectivity index (χ0) is 15.3. The molecule has 9 heteroatoms. The fourth-order valence-electron chi connectivity index (χ4n) is 1.66. The third-order valence-corrected chi connectivity index (χ3v) is 4.02. The molecule has 112 valence electrons. The van der Waals surface area contributed by atoms with E-state index in [0.29, 0.717) is 6.42 Å². The Kier molecular flexibility index (Phi) is 5.54. The quantitative estimate of drug-likeness (QED) is 0.564. The summed E-state index contributed by atoms with van der Waals surface area (Å²) in [5, 5.41) is 19.6. The van der Waals surface area contributed by atoms with Crippen molar-refractivity contribution in [3.05, 3.63) is 28.4 Å². The van der Waals surface area contributed by atoms with E-state index in [1.165, 1.54) is 0 Å². The van der Waals surface area contributed by atoms with Crippen molar-refractivity contribution in [3.8, 4) is 0 Å². The first-order valence-corrected chi connectivity index (χ1v) is 7.48. The summed E-state index contributed by atoms with van der Waals surface area (Å²) in [5.74, 6) is -0.213. The molecule has 2 N–H and O–H groups in total. The number of aliphatic hydroxyl groups is 1. The summed E-state index contributed by atoms with van der Waals surface area (Å²) >= 11 is 0. The van der Waals surface area contributed by atoms with Crippen LogP contribution in [0.4, 0.5) is 5.82 Å². The fraction of sp³-hybridized carbons (Fsp3) is 0.545. The molecule has 0 amide bonds. The van der Waals surface area contributed by atoms with Crippen LogP contribution >= 0.6 is 0 Å². The highest BCUT2D eigenvalue weighted by atomic mass is 32.2. The Bertz CT molecular complexity index is 556. The van der Waals surface area contributed by atoms with Gasteiger partial charge in [0.15, 0.2) is 6.20 Å². The molecular formula is C11H17N3O5S. The van der Waals surface area contributed by atoms with Gasteiger partial charge >= 0.3 is 5.82 Å². The smallest absolute Gasteiger partial charge is 0.363 e. The Morgan fingerprint density at radius 2 is 2.10 bits per heavy atom. The monoisotopic (exact) mass is 303 g/mol. The van der Waals surface area contributed by atoms with Gasteiger partial charge in [0.2, 0.25) is 10.0 Å². The summed E-state index contributed by atoms with van der Waals surface area (Å²) in [5.41, 5.74) is 0. The summed E-state index contributed by atoms with van der Waals surface area (Å²) in [6.07, 6.45) is 1.40. The van der Waals surface area contributed by atoms with E-state index in [4.69, 9.17) is 0 Å². The van der Waals surface area contributed by atoms with Crippen LogP contribution in [0.15, 0.2) is 23.2 Å². The lowest BCUT2D eigenvalue weighted by molar-refractivity contribution is -0.389. The SMILES string of the molecule is CC(C)CC(CO)NS(=O)(=O)c1ccc([N+](=O)[O-])nc1. The topological polar surface area (TPSA) is 122 Å². The van der Waals surface area contributed by atoms with Crippen LogP contribution in [0, 0.1) is 16.0 Å². The molecule has 0 spiro atoms. The van der Waals surface area contributed by atoms with Gasteiger partial charge in [-0.15, -0.1) is 0 Å². The van der Waals surface area contributed by atoms with Crippen molar-refractivity contribution in [1.29, 1.82) is 0 Å². The number of pyridine rings is 1. The van der Waals surface area contributed by atoms with Crippen molar-refractivity contribution >= 4 is 15.8 Å². The van der Waals surface area contributed by atoms with Crippen LogP contribution in [-0.2, 0) is 10.0 Å². The van der Waals surface area contributed by atoms with E-state index in [2.05, 4.69) is 9.71 Å². The molecule has 1 atom stereocenters. The van der Waals surface area contributed by atoms with Gasteiger partial charge in [0.1, 0.15) is 4.90 Å². The van der Waals surface area contributed by atoms with Crippen molar-refractivity contribution in [3.63, 3.8) is 0 Å². The van der Waals surface area contributed by atoms with Crippen molar-refractivity contribution in [2.24, 2.45) is 5.92 Å². The van der Waals surface area contributed by atoms with E-state index >= 15 is 0 Å². The van der Waals surface area contributed by atoms with E-state index < -0.39 is 26.8 Å². The lowest BCUT2D eigenvalue weighted by atomic mass is 10.1. The Morgan fingerprint density at radius 3 is 2.50 bits per heavy atom. The van der Waals surface area contributed by atoms with Crippen molar-refractivity contribution in [2.75, 3.05) is 6.61 Å². The lowest BCUT2D eigenvalue weighted by Crippen LogP contribution is -2.38. The first-order valence-electron chi connectivity index (χ1n) is 6.00. The first-order chi connectivity index (χ1) is 9.26. The Balaban J connectivity index is 2.90. The lowest BCUT2D eigenvalue weighted by Gasteiger charge is -2.17. The molecule has 0 saturated heterocycles. The third-order valence-electron chi connectivity index (χ3n) is 2.52. The van der Waals surface area contributed by atoms with Gasteiger partial charge in [-0.3, -0.25) is 0 Å². The van der Waals surface area contributed by atoms with E-state index in [1.807, 2.05) is 13.8 Å². The molecule has 0 fully saturated rings. The number of nitrogens with one attached hydrogen (secondary N) is 1. The van der Waals surface area contributed by atoms with Gasteiger partial charge in [0, 0.05) is 12.1 Å². The normalized spacial score (nSPS) is 13.4. The molecule has 1 aromatic rings. The highest BCUT2D eigenvalue weighted by molar-refractivity contribution is 7.89. The van der Waals surface area contributed by atoms with Gasteiger partial charge in [0.05, 0.1) is 6.61 Å². The molecule has 0 aliphatic heterocycles. The number of rotatable bonds is 7. The van der Waals surface area contributed by atoms with Crippen LogP contribution in [0.3, 0.4) is 0 Å².